The third-order valence-electron chi connectivity index (χ3n) is 6.21. The van der Waals surface area contributed by atoms with Crippen LogP contribution in [0.3, 0.4) is 0 Å². The van der Waals surface area contributed by atoms with E-state index in [0.717, 1.165) is 27.9 Å². The largest absolute Gasteiger partial charge is 0.358 e. The first-order valence-corrected chi connectivity index (χ1v) is 12.3. The number of benzene rings is 3. The van der Waals surface area contributed by atoms with Crippen molar-refractivity contribution < 1.29 is 4.79 Å². The van der Waals surface area contributed by atoms with Crippen LogP contribution < -0.4 is 10.9 Å². The minimum atomic E-state index is -0.265. The van der Waals surface area contributed by atoms with Crippen LogP contribution >= 0.6 is 11.3 Å². The van der Waals surface area contributed by atoms with Gasteiger partial charge in [-0.15, -0.1) is 11.3 Å². The zero-order valence-corrected chi connectivity index (χ0v) is 20.4. The van der Waals surface area contributed by atoms with Crippen LogP contribution in [0.2, 0.25) is 0 Å². The van der Waals surface area contributed by atoms with Gasteiger partial charge < -0.3 is 4.98 Å². The Morgan fingerprint density at radius 3 is 2.44 bits per heavy atom. The van der Waals surface area contributed by atoms with Crippen molar-refractivity contribution in [2.75, 3.05) is 5.32 Å². The Kier molecular flexibility index (Phi) is 5.23. The van der Waals surface area contributed by atoms with Gasteiger partial charge in [0.1, 0.15) is 5.82 Å². The van der Waals surface area contributed by atoms with Crippen molar-refractivity contribution in [1.29, 1.82) is 0 Å². The molecule has 0 radical (unpaired) electrons. The summed E-state index contributed by atoms with van der Waals surface area (Å²) in [5.74, 6) is 0.317. The topological polar surface area (TPSA) is 92.7 Å². The van der Waals surface area contributed by atoms with E-state index in [4.69, 9.17) is 0 Å². The predicted molar refractivity (Wildman–Crippen MR) is 144 cm³/mol. The molecule has 176 valence electrons. The second-order valence-corrected chi connectivity index (χ2v) is 9.38. The third kappa shape index (κ3) is 3.68. The van der Waals surface area contributed by atoms with Gasteiger partial charge >= 0.3 is 0 Å². The van der Waals surface area contributed by atoms with Crippen LogP contribution in [0.4, 0.5) is 5.13 Å². The van der Waals surface area contributed by atoms with Crippen molar-refractivity contribution in [2.45, 2.75) is 13.8 Å². The molecule has 0 fully saturated rings. The number of thiazole rings is 1. The van der Waals surface area contributed by atoms with Crippen molar-refractivity contribution in [3.8, 4) is 16.9 Å². The SMILES string of the molecule is Cc1[nH]c2ccccc2c1-c1csc(NC(=O)c2ccc(-n3c(C)nc4ccccc4c3=O)cc2)n1. The molecular weight excluding hydrogens is 470 g/mol. The molecule has 0 unspecified atom stereocenters. The summed E-state index contributed by atoms with van der Waals surface area (Å²) in [5.41, 5.74) is 5.59. The molecule has 0 spiro atoms. The maximum absolute atomic E-state index is 13.0. The number of hydrogen-bond acceptors (Lipinski definition) is 5. The van der Waals surface area contributed by atoms with Crippen LogP contribution in [0, 0.1) is 13.8 Å². The van der Waals surface area contributed by atoms with Crippen LogP contribution in [0.25, 0.3) is 38.8 Å². The highest BCUT2D eigenvalue weighted by Crippen LogP contribution is 2.34. The van der Waals surface area contributed by atoms with Gasteiger partial charge in [-0.25, -0.2) is 9.97 Å². The van der Waals surface area contributed by atoms with Crippen LogP contribution in [0.5, 0.6) is 0 Å². The lowest BCUT2D eigenvalue weighted by atomic mass is 10.1. The first-order valence-electron chi connectivity index (χ1n) is 11.4. The van der Waals surface area contributed by atoms with Crippen molar-refractivity contribution in [3.05, 3.63) is 106 Å². The molecule has 36 heavy (non-hydrogen) atoms. The Labute approximate surface area is 210 Å². The van der Waals surface area contributed by atoms with E-state index in [9.17, 15) is 9.59 Å². The maximum atomic E-state index is 13.0. The summed E-state index contributed by atoms with van der Waals surface area (Å²) in [4.78, 5) is 38.6. The van der Waals surface area contributed by atoms with Crippen molar-refractivity contribution in [2.24, 2.45) is 0 Å². The van der Waals surface area contributed by atoms with E-state index >= 15 is 0 Å². The highest BCUT2D eigenvalue weighted by atomic mass is 32.1. The van der Waals surface area contributed by atoms with Crippen molar-refractivity contribution in [3.63, 3.8) is 0 Å². The van der Waals surface area contributed by atoms with Gasteiger partial charge in [-0.2, -0.15) is 0 Å². The van der Waals surface area contributed by atoms with E-state index in [2.05, 4.69) is 26.3 Å². The van der Waals surface area contributed by atoms with E-state index in [1.54, 1.807) is 41.8 Å². The molecule has 0 aliphatic heterocycles. The van der Waals surface area contributed by atoms with Gasteiger partial charge in [0.15, 0.2) is 5.13 Å². The predicted octanol–water partition coefficient (Wildman–Crippen LogP) is 5.86. The summed E-state index contributed by atoms with van der Waals surface area (Å²) in [6, 6.07) is 22.3. The van der Waals surface area contributed by atoms with Crippen LogP contribution in [-0.2, 0) is 0 Å². The molecule has 0 saturated heterocycles. The zero-order chi connectivity index (χ0) is 24.8. The number of aryl methyl sites for hydroxylation is 2. The van der Waals surface area contributed by atoms with E-state index < -0.39 is 0 Å². The molecule has 2 N–H and O–H groups in total. The number of aromatic amines is 1. The van der Waals surface area contributed by atoms with Crippen LogP contribution in [-0.4, -0.2) is 25.4 Å². The molecule has 0 atom stereocenters. The summed E-state index contributed by atoms with van der Waals surface area (Å²) < 4.78 is 1.56. The molecule has 0 bridgehead atoms. The molecule has 6 aromatic rings. The standard InChI is InChI=1S/C28H21N5O2S/c1-16-25(20-7-3-5-9-22(20)29-16)24-15-36-28(31-24)32-26(34)18-11-13-19(14-12-18)33-17(2)30-23-10-6-4-8-21(23)27(33)35/h3-15,29H,1-2H3,(H,31,32,34). The fourth-order valence-electron chi connectivity index (χ4n) is 4.53. The molecule has 3 heterocycles. The number of nitrogens with one attached hydrogen (secondary N) is 2. The molecular formula is C28H21N5O2S. The van der Waals surface area contributed by atoms with Crippen molar-refractivity contribution in [1.82, 2.24) is 19.5 Å². The third-order valence-corrected chi connectivity index (χ3v) is 6.96. The van der Waals surface area contributed by atoms with Gasteiger partial charge in [-0.1, -0.05) is 30.3 Å². The number of H-pyrrole nitrogens is 1. The van der Waals surface area contributed by atoms with Gasteiger partial charge in [0, 0.05) is 33.1 Å². The van der Waals surface area contributed by atoms with Crippen molar-refractivity contribution >= 4 is 44.2 Å². The first-order chi connectivity index (χ1) is 17.5. The van der Waals surface area contributed by atoms with E-state index in [1.165, 1.54) is 11.3 Å². The molecule has 0 aliphatic rings. The van der Waals surface area contributed by atoms with Gasteiger partial charge in [0.05, 0.1) is 22.3 Å². The summed E-state index contributed by atoms with van der Waals surface area (Å²) in [5, 5.41) is 7.01. The minimum absolute atomic E-state index is 0.141. The Morgan fingerprint density at radius 1 is 0.917 bits per heavy atom. The number of carbonyl (C=O) groups is 1. The fraction of sp³-hybridized carbons (Fsp3) is 0.0714. The highest BCUT2D eigenvalue weighted by Gasteiger charge is 2.16. The molecule has 7 nitrogen and oxygen atoms in total. The monoisotopic (exact) mass is 491 g/mol. The molecule has 6 rings (SSSR count). The quantitative estimate of drug-likeness (QED) is 0.323. The number of amides is 1. The number of rotatable bonds is 4. The van der Waals surface area contributed by atoms with Gasteiger partial charge in [0.25, 0.3) is 11.5 Å². The van der Waals surface area contributed by atoms with Gasteiger partial charge in [-0.05, 0) is 56.3 Å². The van der Waals surface area contributed by atoms with Gasteiger partial charge in [-0.3, -0.25) is 19.5 Å². The number of hydrogen-bond donors (Lipinski definition) is 2. The lowest BCUT2D eigenvalue weighted by Gasteiger charge is -2.11. The Hall–Kier alpha value is -4.56. The number of nitrogens with zero attached hydrogens (tertiary/aromatic N) is 3. The Morgan fingerprint density at radius 2 is 1.64 bits per heavy atom. The zero-order valence-electron chi connectivity index (χ0n) is 19.6. The van der Waals surface area contributed by atoms with Crippen LogP contribution in [0.15, 0.2) is 83.0 Å². The number of fused-ring (bicyclic) bond motifs is 2. The van der Waals surface area contributed by atoms with E-state index in [0.29, 0.717) is 33.1 Å². The maximum Gasteiger partial charge on any atom is 0.265 e. The lowest BCUT2D eigenvalue weighted by molar-refractivity contribution is 0.102. The minimum Gasteiger partial charge on any atom is -0.358 e. The molecule has 0 saturated carbocycles. The number of carbonyl (C=O) groups excluding carboxylic acids is 1. The second-order valence-electron chi connectivity index (χ2n) is 8.53. The number of anilines is 1. The lowest BCUT2D eigenvalue weighted by Crippen LogP contribution is -2.22. The molecule has 1 amide bonds. The van der Waals surface area contributed by atoms with Crippen LogP contribution in [0.1, 0.15) is 21.9 Å². The molecule has 0 aliphatic carbocycles. The average molecular weight is 492 g/mol. The normalized spacial score (nSPS) is 11.3. The van der Waals surface area contributed by atoms with E-state index in [-0.39, 0.29) is 11.5 Å². The second kappa shape index (κ2) is 8.58. The Bertz CT molecular complexity index is 1830. The number of para-hydroxylation sites is 2. The molecule has 3 aromatic heterocycles. The summed E-state index contributed by atoms with van der Waals surface area (Å²) in [7, 11) is 0. The summed E-state index contributed by atoms with van der Waals surface area (Å²) in [6.45, 7) is 3.82. The summed E-state index contributed by atoms with van der Waals surface area (Å²) in [6.07, 6.45) is 0. The van der Waals surface area contributed by atoms with Gasteiger partial charge in [0.2, 0.25) is 0 Å². The smallest absolute Gasteiger partial charge is 0.265 e. The average Bonchev–Trinajstić information content (AvgIpc) is 3.47. The summed E-state index contributed by atoms with van der Waals surface area (Å²) >= 11 is 1.38. The molecule has 8 heteroatoms. The Balaban J connectivity index is 1.25. The highest BCUT2D eigenvalue weighted by molar-refractivity contribution is 7.14. The van der Waals surface area contributed by atoms with E-state index in [1.807, 2.05) is 48.7 Å². The number of aromatic nitrogens is 4. The fourth-order valence-corrected chi connectivity index (χ4v) is 5.23. The first kappa shape index (κ1) is 21.9. The molecule has 3 aromatic carbocycles.